The quantitative estimate of drug-likeness (QED) is 0.549. The summed E-state index contributed by atoms with van der Waals surface area (Å²) in [6, 6.07) is 1.98. The second-order valence-corrected chi connectivity index (χ2v) is 8.79. The van der Waals surface area contributed by atoms with Gasteiger partial charge in [-0.2, -0.15) is 26.3 Å². The molecule has 180 valence electrons. The summed E-state index contributed by atoms with van der Waals surface area (Å²) in [5.74, 6) is -1.14. The Morgan fingerprint density at radius 3 is 2.15 bits per heavy atom. The van der Waals surface area contributed by atoms with Gasteiger partial charge >= 0.3 is 12.4 Å². The lowest BCUT2D eigenvalue weighted by atomic mass is 9.74. The molecule has 2 saturated carbocycles. The van der Waals surface area contributed by atoms with Gasteiger partial charge < -0.3 is 9.73 Å². The highest BCUT2D eigenvalue weighted by molar-refractivity contribution is 5.89. The van der Waals surface area contributed by atoms with Crippen molar-refractivity contribution in [3.63, 3.8) is 0 Å². The summed E-state index contributed by atoms with van der Waals surface area (Å²) in [5, 5.41) is 10.5. The number of rotatable bonds is 5. The second kappa shape index (κ2) is 8.94. The second-order valence-electron chi connectivity index (χ2n) is 8.79. The molecule has 0 unspecified atom stereocenters. The molecule has 12 heteroatoms. The highest BCUT2D eigenvalue weighted by Gasteiger charge is 2.49. The van der Waals surface area contributed by atoms with Crippen LogP contribution >= 0.6 is 0 Å². The van der Waals surface area contributed by atoms with Crippen LogP contribution in [0.2, 0.25) is 0 Å². The van der Waals surface area contributed by atoms with Gasteiger partial charge in [0.1, 0.15) is 5.82 Å². The van der Waals surface area contributed by atoms with Gasteiger partial charge in [0, 0.05) is 24.5 Å². The van der Waals surface area contributed by atoms with E-state index in [-0.39, 0.29) is 54.6 Å². The van der Waals surface area contributed by atoms with E-state index in [9.17, 15) is 31.1 Å². The number of aromatic nitrogens is 3. The van der Waals surface area contributed by atoms with Crippen LogP contribution in [-0.4, -0.2) is 27.3 Å². The Morgan fingerprint density at radius 2 is 1.61 bits per heavy atom. The van der Waals surface area contributed by atoms with Crippen molar-refractivity contribution in [1.82, 2.24) is 15.2 Å². The molecule has 1 N–H and O–H groups in total. The molecule has 2 aromatic rings. The third-order valence-corrected chi connectivity index (χ3v) is 6.43. The number of anilines is 1. The molecule has 33 heavy (non-hydrogen) atoms. The molecule has 0 bridgehead atoms. The normalized spacial score (nSPS) is 26.0. The number of carbonyl (C=O) groups excluding carboxylic acids is 1. The van der Waals surface area contributed by atoms with Crippen molar-refractivity contribution in [3.8, 4) is 0 Å². The maximum atomic E-state index is 12.7. The predicted molar refractivity (Wildman–Crippen MR) is 103 cm³/mol. The first-order chi connectivity index (χ1) is 15.5. The highest BCUT2D eigenvalue weighted by atomic mass is 19.4. The molecule has 0 aliphatic heterocycles. The summed E-state index contributed by atoms with van der Waals surface area (Å²) in [4.78, 5) is 15.9. The van der Waals surface area contributed by atoms with Crippen LogP contribution in [0.5, 0.6) is 0 Å². The van der Waals surface area contributed by atoms with Crippen LogP contribution in [0.3, 0.4) is 0 Å². The number of alkyl halides is 6. The molecule has 0 aromatic carbocycles. The van der Waals surface area contributed by atoms with Gasteiger partial charge in [0.05, 0.1) is 11.5 Å². The molecule has 2 aliphatic rings. The lowest BCUT2D eigenvalue weighted by molar-refractivity contribution is -0.198. The molecule has 1 amide bonds. The molecule has 2 aliphatic carbocycles. The molecule has 0 saturated heterocycles. The number of hydrogen-bond donors (Lipinski definition) is 1. The van der Waals surface area contributed by atoms with E-state index >= 15 is 0 Å². The minimum absolute atomic E-state index is 0.000584. The minimum Gasteiger partial charge on any atom is -0.425 e. The van der Waals surface area contributed by atoms with Gasteiger partial charge in [-0.25, -0.2) is 4.98 Å². The molecule has 6 nitrogen and oxygen atoms in total. The maximum absolute atomic E-state index is 12.7. The Bertz CT molecular complexity index is 958. The van der Waals surface area contributed by atoms with E-state index in [0.717, 1.165) is 25.0 Å². The zero-order chi connectivity index (χ0) is 23.8. The zero-order valence-electron chi connectivity index (χ0n) is 17.4. The first-order valence-electron chi connectivity index (χ1n) is 10.7. The zero-order valence-corrected chi connectivity index (χ0v) is 17.4. The van der Waals surface area contributed by atoms with Crippen molar-refractivity contribution in [3.05, 3.63) is 35.7 Å². The Morgan fingerprint density at radius 1 is 0.970 bits per heavy atom. The molecule has 0 radical (unpaired) electrons. The van der Waals surface area contributed by atoms with Gasteiger partial charge in [-0.3, -0.25) is 4.79 Å². The van der Waals surface area contributed by atoms with E-state index in [2.05, 4.69) is 20.5 Å². The summed E-state index contributed by atoms with van der Waals surface area (Å²) in [7, 11) is 0. The van der Waals surface area contributed by atoms with Crippen LogP contribution in [0.4, 0.5) is 32.2 Å². The van der Waals surface area contributed by atoms with E-state index in [4.69, 9.17) is 4.42 Å². The van der Waals surface area contributed by atoms with E-state index in [1.807, 2.05) is 0 Å². The SMILES string of the molecule is O=C(CC1CCC(c2nnc(C3CC(C(F)(F)F)C3)o2)CC1)Nc1ccc(C(F)(F)F)cn1. The Balaban J connectivity index is 1.22. The molecular formula is C21H22F6N4O2. The summed E-state index contributed by atoms with van der Waals surface area (Å²) in [5.41, 5.74) is -0.888. The molecule has 0 spiro atoms. The number of amides is 1. The van der Waals surface area contributed by atoms with Gasteiger partial charge in [-0.15, -0.1) is 10.2 Å². The van der Waals surface area contributed by atoms with Gasteiger partial charge in [-0.05, 0) is 56.6 Å². The highest BCUT2D eigenvalue weighted by Crippen LogP contribution is 2.49. The first-order valence-corrected chi connectivity index (χ1v) is 10.7. The van der Waals surface area contributed by atoms with Crippen LogP contribution in [0.1, 0.15) is 74.1 Å². The van der Waals surface area contributed by atoms with Crippen molar-refractivity contribution in [2.75, 3.05) is 5.32 Å². The minimum atomic E-state index is -4.49. The van der Waals surface area contributed by atoms with Gasteiger partial charge in [0.25, 0.3) is 0 Å². The summed E-state index contributed by atoms with van der Waals surface area (Å²) >= 11 is 0. The number of halogens is 6. The Hall–Kier alpha value is -2.66. The summed E-state index contributed by atoms with van der Waals surface area (Å²) in [6.45, 7) is 0. The average Bonchev–Trinajstić information content (AvgIpc) is 3.15. The Kier molecular flexibility index (Phi) is 6.37. The predicted octanol–water partition coefficient (Wildman–Crippen LogP) is 5.84. The fourth-order valence-corrected chi connectivity index (χ4v) is 4.37. The monoisotopic (exact) mass is 476 g/mol. The Labute approximate surface area is 185 Å². The fourth-order valence-electron chi connectivity index (χ4n) is 4.37. The van der Waals surface area contributed by atoms with Crippen LogP contribution in [0.25, 0.3) is 0 Å². The molecule has 2 heterocycles. The van der Waals surface area contributed by atoms with Gasteiger partial charge in [0.15, 0.2) is 0 Å². The van der Waals surface area contributed by atoms with Crippen molar-refractivity contribution >= 4 is 11.7 Å². The molecule has 2 fully saturated rings. The third kappa shape index (κ3) is 5.64. The van der Waals surface area contributed by atoms with E-state index in [1.165, 1.54) is 0 Å². The average molecular weight is 476 g/mol. The standard InChI is InChI=1S/C21H22F6N4O2/c22-20(23,24)14-5-6-16(28-10-14)29-17(32)7-11-1-3-12(4-2-11)18-30-31-19(33-18)13-8-15(9-13)21(25,26)27/h5-6,10-13,15H,1-4,7-9H2,(H,28,29,32). The lowest BCUT2D eigenvalue weighted by Crippen LogP contribution is -2.34. The largest absolute Gasteiger partial charge is 0.425 e. The number of nitrogens with one attached hydrogen (secondary N) is 1. The van der Waals surface area contributed by atoms with E-state index in [0.29, 0.717) is 24.9 Å². The molecular weight excluding hydrogens is 454 g/mol. The molecule has 0 atom stereocenters. The summed E-state index contributed by atoms with van der Waals surface area (Å²) in [6.07, 6.45) is -5.00. The molecule has 2 aromatic heterocycles. The van der Waals surface area contributed by atoms with Crippen molar-refractivity contribution < 1.29 is 35.6 Å². The van der Waals surface area contributed by atoms with Crippen LogP contribution in [0, 0.1) is 11.8 Å². The summed E-state index contributed by atoms with van der Waals surface area (Å²) < 4.78 is 81.4. The maximum Gasteiger partial charge on any atom is 0.417 e. The van der Waals surface area contributed by atoms with Crippen molar-refractivity contribution in [2.24, 2.45) is 11.8 Å². The smallest absolute Gasteiger partial charge is 0.417 e. The number of nitrogens with zero attached hydrogens (tertiary/aromatic N) is 3. The van der Waals surface area contributed by atoms with Crippen LogP contribution in [0.15, 0.2) is 22.7 Å². The number of hydrogen-bond acceptors (Lipinski definition) is 5. The van der Waals surface area contributed by atoms with Crippen molar-refractivity contribution in [1.29, 1.82) is 0 Å². The van der Waals surface area contributed by atoms with Crippen LogP contribution < -0.4 is 5.32 Å². The van der Waals surface area contributed by atoms with Gasteiger partial charge in [0.2, 0.25) is 17.7 Å². The molecule has 4 rings (SSSR count). The van der Waals surface area contributed by atoms with E-state index < -0.39 is 23.8 Å². The van der Waals surface area contributed by atoms with Crippen molar-refractivity contribution in [2.45, 2.75) is 69.1 Å². The van der Waals surface area contributed by atoms with E-state index in [1.54, 1.807) is 0 Å². The topological polar surface area (TPSA) is 80.9 Å². The van der Waals surface area contributed by atoms with Crippen LogP contribution in [-0.2, 0) is 11.0 Å². The number of carbonyl (C=O) groups is 1. The first kappa shape index (κ1) is 23.5. The van der Waals surface area contributed by atoms with Gasteiger partial charge in [-0.1, -0.05) is 0 Å². The fraction of sp³-hybridized carbons (Fsp3) is 0.619. The number of pyridine rings is 1. The lowest BCUT2D eigenvalue weighted by Gasteiger charge is -2.34. The third-order valence-electron chi connectivity index (χ3n) is 6.43.